The zero-order valence-electron chi connectivity index (χ0n) is 12.4. The minimum absolute atomic E-state index is 0.0817. The molecule has 0 radical (unpaired) electrons. The number of hydrogen-bond donors (Lipinski definition) is 1. The molecule has 4 nitrogen and oxygen atoms in total. The lowest BCUT2D eigenvalue weighted by Crippen LogP contribution is -2.31. The molecule has 1 N–H and O–H groups in total. The van der Waals surface area contributed by atoms with Gasteiger partial charge in [-0.2, -0.15) is 0 Å². The molecule has 4 heteroatoms. The van der Waals surface area contributed by atoms with E-state index in [0.717, 1.165) is 18.4 Å². The van der Waals surface area contributed by atoms with Crippen LogP contribution < -0.4 is 0 Å². The topological polar surface area (TPSA) is 55.8 Å². The van der Waals surface area contributed by atoms with Crippen molar-refractivity contribution < 1.29 is 19.4 Å². The van der Waals surface area contributed by atoms with Crippen molar-refractivity contribution in [2.45, 2.75) is 38.9 Å². The first kappa shape index (κ1) is 16.7. The molecule has 1 aliphatic rings. The average molecular weight is 280 g/mol. The molecule has 0 spiro atoms. The fraction of sp³-hybridized carbons (Fsp3) is 0.562. The molecule has 0 aliphatic carbocycles. The normalized spacial score (nSPS) is 35.3. The van der Waals surface area contributed by atoms with Gasteiger partial charge in [0.1, 0.15) is 12.7 Å². The SMILES string of the molecule is COC1/C=C/CC/C=C/C(=O)OC/C(C)=C\C(C)[C@@H]1O. The van der Waals surface area contributed by atoms with Gasteiger partial charge in [0.05, 0.1) is 6.10 Å². The van der Waals surface area contributed by atoms with E-state index in [9.17, 15) is 9.90 Å². The molecule has 0 amide bonds. The highest BCUT2D eigenvalue weighted by Gasteiger charge is 2.21. The van der Waals surface area contributed by atoms with Gasteiger partial charge in [-0.3, -0.25) is 0 Å². The smallest absolute Gasteiger partial charge is 0.330 e. The Bertz CT molecular complexity index is 395. The van der Waals surface area contributed by atoms with Gasteiger partial charge in [-0.05, 0) is 25.3 Å². The van der Waals surface area contributed by atoms with Crippen LogP contribution in [0.5, 0.6) is 0 Å². The lowest BCUT2D eigenvalue weighted by Gasteiger charge is -2.23. The molecular weight excluding hydrogens is 256 g/mol. The number of allylic oxidation sites excluding steroid dienone is 2. The van der Waals surface area contributed by atoms with Crippen molar-refractivity contribution in [3.63, 3.8) is 0 Å². The number of rotatable bonds is 1. The van der Waals surface area contributed by atoms with Gasteiger partial charge in [-0.1, -0.05) is 31.2 Å². The van der Waals surface area contributed by atoms with Crippen LogP contribution in [0.25, 0.3) is 0 Å². The molecule has 20 heavy (non-hydrogen) atoms. The molecule has 1 aliphatic heterocycles. The molecule has 0 aromatic heterocycles. The highest BCUT2D eigenvalue weighted by atomic mass is 16.5. The van der Waals surface area contributed by atoms with Gasteiger partial charge in [0.2, 0.25) is 0 Å². The van der Waals surface area contributed by atoms with Crippen molar-refractivity contribution in [2.24, 2.45) is 5.92 Å². The Balaban J connectivity index is 2.86. The van der Waals surface area contributed by atoms with E-state index in [4.69, 9.17) is 9.47 Å². The number of aliphatic hydroxyl groups is 1. The third kappa shape index (κ3) is 5.72. The maximum atomic E-state index is 11.4. The molecule has 0 aromatic rings. The molecule has 1 heterocycles. The van der Waals surface area contributed by atoms with Crippen LogP contribution in [0.1, 0.15) is 26.7 Å². The number of ether oxygens (including phenoxy) is 2. The maximum Gasteiger partial charge on any atom is 0.330 e. The van der Waals surface area contributed by atoms with Gasteiger partial charge in [-0.25, -0.2) is 4.79 Å². The fourth-order valence-corrected chi connectivity index (χ4v) is 2.06. The van der Waals surface area contributed by atoms with Crippen LogP contribution in [-0.2, 0) is 14.3 Å². The summed E-state index contributed by atoms with van der Waals surface area (Å²) in [6.45, 7) is 4.04. The summed E-state index contributed by atoms with van der Waals surface area (Å²) in [6.07, 6.45) is 9.58. The van der Waals surface area contributed by atoms with Crippen LogP contribution in [0, 0.1) is 5.92 Å². The Hall–Kier alpha value is -1.39. The summed E-state index contributed by atoms with van der Waals surface area (Å²) in [4.78, 5) is 11.4. The average Bonchev–Trinajstić information content (AvgIpc) is 2.43. The first-order chi connectivity index (χ1) is 9.54. The summed E-state index contributed by atoms with van der Waals surface area (Å²) in [7, 11) is 1.59. The zero-order chi connectivity index (χ0) is 15.0. The summed E-state index contributed by atoms with van der Waals surface area (Å²) >= 11 is 0. The first-order valence-electron chi connectivity index (χ1n) is 6.92. The number of aliphatic hydroxyl groups excluding tert-OH is 1. The summed E-state index contributed by atoms with van der Waals surface area (Å²) in [5.41, 5.74) is 0.911. The standard InChI is InChI=1S/C16H24O4/c1-12-10-13(2)16(18)14(19-3)8-6-4-5-7-9-15(17)20-11-12/h6-10,13-14,16,18H,4-5,11H2,1-3H3/b8-6+,9-7+,12-10-/t13?,14?,16-/m0/s1. The molecule has 0 fully saturated rings. The number of carbonyl (C=O) groups is 1. The quantitative estimate of drug-likeness (QED) is 0.592. The lowest BCUT2D eigenvalue weighted by atomic mass is 9.96. The monoisotopic (exact) mass is 280 g/mol. The minimum atomic E-state index is -0.625. The second kappa shape index (κ2) is 8.72. The molecule has 0 bridgehead atoms. The molecular formula is C16H24O4. The number of hydrogen-bond acceptors (Lipinski definition) is 4. The van der Waals surface area contributed by atoms with Crippen LogP contribution in [-0.4, -0.2) is 37.0 Å². The van der Waals surface area contributed by atoms with Crippen LogP contribution in [0.2, 0.25) is 0 Å². The third-order valence-corrected chi connectivity index (χ3v) is 3.22. The van der Waals surface area contributed by atoms with Gasteiger partial charge >= 0.3 is 5.97 Å². The van der Waals surface area contributed by atoms with Crippen molar-refractivity contribution in [2.75, 3.05) is 13.7 Å². The molecule has 0 aromatic carbocycles. The van der Waals surface area contributed by atoms with Gasteiger partial charge in [0.25, 0.3) is 0 Å². The number of carbonyl (C=O) groups excluding carboxylic acids is 1. The van der Waals surface area contributed by atoms with Crippen LogP contribution in [0.3, 0.4) is 0 Å². The third-order valence-electron chi connectivity index (χ3n) is 3.22. The van der Waals surface area contributed by atoms with E-state index in [2.05, 4.69) is 0 Å². The second-order valence-corrected chi connectivity index (χ2v) is 5.08. The molecule has 3 atom stereocenters. The molecule has 0 saturated carbocycles. The largest absolute Gasteiger partial charge is 0.458 e. The number of esters is 1. The molecule has 2 unspecified atom stereocenters. The predicted molar refractivity (Wildman–Crippen MR) is 78.2 cm³/mol. The van der Waals surface area contributed by atoms with E-state index in [1.165, 1.54) is 6.08 Å². The van der Waals surface area contributed by atoms with E-state index in [1.54, 1.807) is 13.2 Å². The van der Waals surface area contributed by atoms with Crippen LogP contribution in [0.15, 0.2) is 36.0 Å². The van der Waals surface area contributed by atoms with Crippen LogP contribution in [0.4, 0.5) is 0 Å². The lowest BCUT2D eigenvalue weighted by molar-refractivity contribution is -0.136. The van der Waals surface area contributed by atoms with Crippen molar-refractivity contribution in [1.29, 1.82) is 0 Å². The maximum absolute atomic E-state index is 11.4. The number of cyclic esters (lactones) is 1. The summed E-state index contributed by atoms with van der Waals surface area (Å²) in [5, 5.41) is 10.3. The zero-order valence-corrected chi connectivity index (χ0v) is 12.4. The Morgan fingerprint density at radius 1 is 1.35 bits per heavy atom. The van der Waals surface area contributed by atoms with Crippen LogP contribution >= 0.6 is 0 Å². The predicted octanol–water partition coefficient (Wildman–Crippen LogP) is 2.39. The molecule has 112 valence electrons. The number of methoxy groups -OCH3 is 1. The Morgan fingerprint density at radius 2 is 2.05 bits per heavy atom. The minimum Gasteiger partial charge on any atom is -0.458 e. The summed E-state index contributed by atoms with van der Waals surface area (Å²) in [5.74, 6) is -0.413. The summed E-state index contributed by atoms with van der Waals surface area (Å²) in [6, 6.07) is 0. The Morgan fingerprint density at radius 3 is 2.75 bits per heavy atom. The van der Waals surface area contributed by atoms with Gasteiger partial charge < -0.3 is 14.6 Å². The molecule has 0 saturated heterocycles. The Kier molecular flexibility index (Phi) is 7.26. The van der Waals surface area contributed by atoms with Gasteiger partial charge in [-0.15, -0.1) is 0 Å². The van der Waals surface area contributed by atoms with E-state index < -0.39 is 6.10 Å². The highest BCUT2D eigenvalue weighted by molar-refractivity contribution is 5.81. The van der Waals surface area contributed by atoms with Gasteiger partial charge in [0.15, 0.2) is 0 Å². The van der Waals surface area contributed by atoms with E-state index in [-0.39, 0.29) is 24.6 Å². The van der Waals surface area contributed by atoms with Crippen molar-refractivity contribution >= 4 is 5.97 Å². The van der Waals surface area contributed by atoms with Gasteiger partial charge in [0, 0.05) is 19.1 Å². The second-order valence-electron chi connectivity index (χ2n) is 5.08. The fourth-order valence-electron chi connectivity index (χ4n) is 2.06. The van der Waals surface area contributed by atoms with E-state index in [0.29, 0.717) is 0 Å². The first-order valence-corrected chi connectivity index (χ1v) is 6.92. The van der Waals surface area contributed by atoms with Crippen molar-refractivity contribution in [3.8, 4) is 0 Å². The van der Waals surface area contributed by atoms with E-state index in [1.807, 2.05) is 32.1 Å². The van der Waals surface area contributed by atoms with E-state index >= 15 is 0 Å². The summed E-state index contributed by atoms with van der Waals surface area (Å²) < 4.78 is 10.4. The van der Waals surface area contributed by atoms with Crippen molar-refractivity contribution in [1.82, 2.24) is 0 Å². The Labute approximate surface area is 120 Å². The van der Waals surface area contributed by atoms with Crippen molar-refractivity contribution in [3.05, 3.63) is 36.0 Å². The molecule has 1 rings (SSSR count). The highest BCUT2D eigenvalue weighted by Crippen LogP contribution is 2.15.